The summed E-state index contributed by atoms with van der Waals surface area (Å²) in [6, 6.07) is 10.8. The summed E-state index contributed by atoms with van der Waals surface area (Å²) in [5.41, 5.74) is 2.19. The highest BCUT2D eigenvalue weighted by Gasteiger charge is 2.13. The number of halogens is 2. The first-order chi connectivity index (χ1) is 7.81. The third-order valence-electron chi connectivity index (χ3n) is 2.73. The number of furan rings is 1. The summed E-state index contributed by atoms with van der Waals surface area (Å²) in [6.45, 7) is 0. The summed E-state index contributed by atoms with van der Waals surface area (Å²) in [5, 5.41) is 2.32. The van der Waals surface area contributed by atoms with Crippen LogP contribution in [0.4, 0.5) is 4.39 Å². The monoisotopic (exact) mass is 278 g/mol. The Bertz CT molecular complexity index is 672. The number of rotatable bonds is 1. The van der Waals surface area contributed by atoms with Gasteiger partial charge < -0.3 is 4.42 Å². The average Bonchev–Trinajstić information content (AvgIpc) is 2.68. The normalized spacial score (nSPS) is 11.4. The van der Waals surface area contributed by atoms with Crippen LogP contribution >= 0.6 is 15.9 Å². The molecule has 3 rings (SSSR count). The van der Waals surface area contributed by atoms with Crippen LogP contribution in [0.2, 0.25) is 0 Å². The van der Waals surface area contributed by atoms with Gasteiger partial charge in [0, 0.05) is 21.7 Å². The largest absolute Gasteiger partial charge is 0.456 e. The lowest BCUT2D eigenvalue weighted by atomic mass is 10.1. The van der Waals surface area contributed by atoms with Crippen LogP contribution in [0.15, 0.2) is 40.8 Å². The minimum atomic E-state index is -0.198. The van der Waals surface area contributed by atoms with E-state index in [0.717, 1.165) is 21.9 Å². The van der Waals surface area contributed by atoms with Gasteiger partial charge in [0.25, 0.3) is 0 Å². The summed E-state index contributed by atoms with van der Waals surface area (Å²) in [7, 11) is 0. The van der Waals surface area contributed by atoms with Gasteiger partial charge in [0.05, 0.1) is 0 Å². The van der Waals surface area contributed by atoms with Crippen LogP contribution in [0.25, 0.3) is 21.9 Å². The molecule has 0 saturated carbocycles. The van der Waals surface area contributed by atoms with E-state index in [9.17, 15) is 4.39 Å². The Labute approximate surface area is 100.0 Å². The fourth-order valence-electron chi connectivity index (χ4n) is 1.99. The van der Waals surface area contributed by atoms with Gasteiger partial charge in [-0.15, -0.1) is 0 Å². The topological polar surface area (TPSA) is 13.1 Å². The number of hydrogen-bond acceptors (Lipinski definition) is 1. The number of para-hydroxylation sites is 1. The molecule has 0 saturated heterocycles. The van der Waals surface area contributed by atoms with Crippen LogP contribution < -0.4 is 0 Å². The smallest absolute Gasteiger partial charge is 0.135 e. The van der Waals surface area contributed by atoms with Crippen LogP contribution in [-0.2, 0) is 5.33 Å². The molecule has 0 spiro atoms. The molecule has 0 bridgehead atoms. The first-order valence-corrected chi connectivity index (χ1v) is 6.08. The lowest BCUT2D eigenvalue weighted by Crippen LogP contribution is -1.85. The quantitative estimate of drug-likeness (QED) is 0.592. The SMILES string of the molecule is Fc1ccc2oc3ccccc3c2c1CBr. The minimum Gasteiger partial charge on any atom is -0.456 e. The molecule has 0 fully saturated rings. The summed E-state index contributed by atoms with van der Waals surface area (Å²) >= 11 is 3.32. The summed E-state index contributed by atoms with van der Waals surface area (Å²) in [5.74, 6) is -0.198. The molecular weight excluding hydrogens is 271 g/mol. The van der Waals surface area contributed by atoms with Gasteiger partial charge in [-0.05, 0) is 18.2 Å². The lowest BCUT2D eigenvalue weighted by Gasteiger charge is -1.99. The Hall–Kier alpha value is -1.35. The van der Waals surface area contributed by atoms with Crippen LogP contribution in [0.1, 0.15) is 5.56 Å². The van der Waals surface area contributed by atoms with Gasteiger partial charge in [0.15, 0.2) is 0 Å². The zero-order valence-corrected chi connectivity index (χ0v) is 9.92. The average molecular weight is 279 g/mol. The van der Waals surface area contributed by atoms with Crippen LogP contribution in [0.3, 0.4) is 0 Å². The van der Waals surface area contributed by atoms with Gasteiger partial charge >= 0.3 is 0 Å². The molecule has 0 radical (unpaired) electrons. The van der Waals surface area contributed by atoms with E-state index in [-0.39, 0.29) is 5.82 Å². The van der Waals surface area contributed by atoms with Crippen LogP contribution in [0.5, 0.6) is 0 Å². The van der Waals surface area contributed by atoms with Crippen molar-refractivity contribution in [3.05, 3.63) is 47.8 Å². The molecule has 0 aliphatic heterocycles. The highest BCUT2D eigenvalue weighted by atomic mass is 79.9. The fourth-order valence-corrected chi connectivity index (χ4v) is 2.54. The molecule has 3 aromatic rings. The molecule has 0 unspecified atom stereocenters. The first kappa shape index (κ1) is 9.85. The third kappa shape index (κ3) is 1.28. The number of alkyl halides is 1. The molecule has 3 heteroatoms. The van der Waals surface area contributed by atoms with Crippen molar-refractivity contribution in [2.24, 2.45) is 0 Å². The molecule has 0 N–H and O–H groups in total. The van der Waals surface area contributed by atoms with E-state index in [1.165, 1.54) is 6.07 Å². The standard InChI is InChI=1S/C13H8BrFO/c14-7-9-10(15)5-6-12-13(9)8-3-1-2-4-11(8)16-12/h1-6H,7H2. The van der Waals surface area contributed by atoms with Crippen molar-refractivity contribution in [2.75, 3.05) is 0 Å². The molecule has 0 aliphatic carbocycles. The van der Waals surface area contributed by atoms with Crippen molar-refractivity contribution in [2.45, 2.75) is 5.33 Å². The van der Waals surface area contributed by atoms with E-state index in [2.05, 4.69) is 15.9 Å². The predicted octanol–water partition coefficient (Wildman–Crippen LogP) is 4.62. The third-order valence-corrected chi connectivity index (χ3v) is 3.29. The zero-order chi connectivity index (χ0) is 11.1. The molecule has 80 valence electrons. The van der Waals surface area contributed by atoms with Crippen molar-refractivity contribution in [1.29, 1.82) is 0 Å². The van der Waals surface area contributed by atoms with Gasteiger partial charge in [0.2, 0.25) is 0 Å². The van der Waals surface area contributed by atoms with Crippen LogP contribution in [0, 0.1) is 5.82 Å². The van der Waals surface area contributed by atoms with Gasteiger partial charge in [-0.2, -0.15) is 0 Å². The molecule has 0 amide bonds. The zero-order valence-electron chi connectivity index (χ0n) is 8.34. The Balaban J connectivity index is 2.57. The minimum absolute atomic E-state index is 0.198. The summed E-state index contributed by atoms with van der Waals surface area (Å²) < 4.78 is 19.3. The Morgan fingerprint density at radius 1 is 1.06 bits per heavy atom. The van der Waals surface area contributed by atoms with E-state index in [0.29, 0.717) is 10.9 Å². The van der Waals surface area contributed by atoms with Crippen molar-refractivity contribution < 1.29 is 8.81 Å². The van der Waals surface area contributed by atoms with Crippen molar-refractivity contribution in [3.63, 3.8) is 0 Å². The highest BCUT2D eigenvalue weighted by molar-refractivity contribution is 9.08. The van der Waals surface area contributed by atoms with E-state index in [1.54, 1.807) is 6.07 Å². The van der Waals surface area contributed by atoms with E-state index >= 15 is 0 Å². The Morgan fingerprint density at radius 2 is 1.88 bits per heavy atom. The second-order valence-electron chi connectivity index (χ2n) is 3.63. The second-order valence-corrected chi connectivity index (χ2v) is 4.19. The molecule has 1 nitrogen and oxygen atoms in total. The number of hydrogen-bond donors (Lipinski definition) is 0. The van der Waals surface area contributed by atoms with Gasteiger partial charge in [0.1, 0.15) is 17.0 Å². The molecule has 0 atom stereocenters. The lowest BCUT2D eigenvalue weighted by molar-refractivity contribution is 0.617. The summed E-state index contributed by atoms with van der Waals surface area (Å²) in [6.07, 6.45) is 0. The Kier molecular flexibility index (Phi) is 2.21. The summed E-state index contributed by atoms with van der Waals surface area (Å²) in [4.78, 5) is 0. The maximum absolute atomic E-state index is 13.7. The molecule has 0 aliphatic rings. The molecule has 2 aromatic carbocycles. The molecule has 16 heavy (non-hydrogen) atoms. The van der Waals surface area contributed by atoms with Gasteiger partial charge in [-0.1, -0.05) is 34.1 Å². The molecule has 1 aromatic heterocycles. The number of fused-ring (bicyclic) bond motifs is 3. The first-order valence-electron chi connectivity index (χ1n) is 4.96. The second kappa shape index (κ2) is 3.59. The highest BCUT2D eigenvalue weighted by Crippen LogP contribution is 2.33. The van der Waals surface area contributed by atoms with Crippen LogP contribution in [-0.4, -0.2) is 0 Å². The molecule has 1 heterocycles. The van der Waals surface area contributed by atoms with Gasteiger partial charge in [-0.3, -0.25) is 0 Å². The number of benzene rings is 2. The molecular formula is C13H8BrFO. The maximum Gasteiger partial charge on any atom is 0.135 e. The van der Waals surface area contributed by atoms with E-state index in [4.69, 9.17) is 4.42 Å². The van der Waals surface area contributed by atoms with Crippen molar-refractivity contribution >= 4 is 37.9 Å². The van der Waals surface area contributed by atoms with Crippen molar-refractivity contribution in [1.82, 2.24) is 0 Å². The Morgan fingerprint density at radius 3 is 2.69 bits per heavy atom. The maximum atomic E-state index is 13.7. The fraction of sp³-hybridized carbons (Fsp3) is 0.0769. The van der Waals surface area contributed by atoms with E-state index in [1.807, 2.05) is 24.3 Å². The van der Waals surface area contributed by atoms with Crippen molar-refractivity contribution in [3.8, 4) is 0 Å². The predicted molar refractivity (Wildman–Crippen MR) is 66.3 cm³/mol. The van der Waals surface area contributed by atoms with E-state index < -0.39 is 0 Å². The van der Waals surface area contributed by atoms with Gasteiger partial charge in [-0.25, -0.2) is 4.39 Å².